The molecule has 0 aliphatic rings. The van der Waals surface area contributed by atoms with Crippen LogP contribution in [0, 0.1) is 0 Å². The van der Waals surface area contributed by atoms with Crippen molar-refractivity contribution in [1.82, 2.24) is 9.97 Å². The van der Waals surface area contributed by atoms with Gasteiger partial charge in [0, 0.05) is 18.6 Å². The normalized spacial score (nSPS) is 11.7. The third-order valence-electron chi connectivity index (χ3n) is 2.75. The fourth-order valence-corrected chi connectivity index (χ4v) is 1.72. The molecule has 2 rings (SSSR count). The molecule has 0 saturated carbocycles. The Morgan fingerprint density at radius 2 is 2.11 bits per heavy atom. The minimum atomic E-state index is -0.408. The van der Waals surface area contributed by atoms with Gasteiger partial charge in [-0.15, -0.1) is 0 Å². The lowest BCUT2D eigenvalue weighted by atomic mass is 10.1. The molecule has 5 nitrogen and oxygen atoms in total. The van der Waals surface area contributed by atoms with Crippen molar-refractivity contribution < 1.29 is 9.53 Å². The summed E-state index contributed by atoms with van der Waals surface area (Å²) in [4.78, 5) is 19.9. The van der Waals surface area contributed by atoms with Crippen LogP contribution in [0.1, 0.15) is 28.9 Å². The number of methoxy groups -OCH3 is 1. The Hall–Kier alpha value is -2.43. The number of aromatic nitrogens is 2. The van der Waals surface area contributed by atoms with E-state index in [2.05, 4.69) is 15.3 Å². The summed E-state index contributed by atoms with van der Waals surface area (Å²) in [7, 11) is 1.35. The lowest BCUT2D eigenvalue weighted by Crippen LogP contribution is -2.13. The third kappa shape index (κ3) is 3.07. The third-order valence-corrected chi connectivity index (χ3v) is 2.75. The van der Waals surface area contributed by atoms with Gasteiger partial charge in [0.2, 0.25) is 0 Å². The number of carbonyl (C=O) groups excluding carboxylic acids is 1. The average molecular weight is 257 g/mol. The number of esters is 1. The molecular formula is C14H15N3O2. The lowest BCUT2D eigenvalue weighted by Gasteiger charge is -2.16. The lowest BCUT2D eigenvalue weighted by molar-refractivity contribution is 0.0601. The summed E-state index contributed by atoms with van der Waals surface area (Å²) >= 11 is 0. The van der Waals surface area contributed by atoms with Gasteiger partial charge in [0.05, 0.1) is 13.2 Å². The topological polar surface area (TPSA) is 64.1 Å². The van der Waals surface area contributed by atoms with Gasteiger partial charge in [0.1, 0.15) is 11.4 Å². The standard InChI is InChI=1S/C14H15N3O2/c1-10(11-5-3-7-15-9-11)17-13-12(14(18)19-2)6-4-8-16-13/h3-10H,1-2H3,(H,16,17). The first-order chi connectivity index (χ1) is 9.22. The molecule has 0 aliphatic carbocycles. The van der Waals surface area contributed by atoms with Crippen LogP contribution < -0.4 is 5.32 Å². The van der Waals surface area contributed by atoms with Crippen molar-refractivity contribution in [3.8, 4) is 0 Å². The first-order valence-electron chi connectivity index (χ1n) is 5.92. The van der Waals surface area contributed by atoms with Crippen LogP contribution in [0.2, 0.25) is 0 Å². The van der Waals surface area contributed by atoms with E-state index in [1.807, 2.05) is 19.1 Å². The average Bonchev–Trinajstić information content (AvgIpc) is 2.48. The van der Waals surface area contributed by atoms with Crippen LogP contribution in [-0.2, 0) is 4.74 Å². The highest BCUT2D eigenvalue weighted by Gasteiger charge is 2.14. The van der Waals surface area contributed by atoms with Crippen LogP contribution in [0.15, 0.2) is 42.9 Å². The molecular weight excluding hydrogens is 242 g/mol. The second-order valence-corrected chi connectivity index (χ2v) is 4.04. The number of carbonyl (C=O) groups is 1. The predicted octanol–water partition coefficient (Wildman–Crippen LogP) is 2.44. The molecule has 2 aromatic heterocycles. The Morgan fingerprint density at radius 3 is 2.79 bits per heavy atom. The number of hydrogen-bond donors (Lipinski definition) is 1. The Morgan fingerprint density at radius 1 is 1.32 bits per heavy atom. The van der Waals surface area contributed by atoms with Gasteiger partial charge in [-0.3, -0.25) is 4.98 Å². The quantitative estimate of drug-likeness (QED) is 0.852. The monoisotopic (exact) mass is 257 g/mol. The minimum absolute atomic E-state index is 0.00740. The number of nitrogens with one attached hydrogen (secondary N) is 1. The molecule has 0 aliphatic heterocycles. The van der Waals surface area contributed by atoms with E-state index >= 15 is 0 Å². The molecule has 0 radical (unpaired) electrons. The molecule has 0 amide bonds. The summed E-state index contributed by atoms with van der Waals surface area (Å²) in [6.45, 7) is 1.98. The zero-order valence-corrected chi connectivity index (χ0v) is 10.8. The molecule has 0 fully saturated rings. The van der Waals surface area contributed by atoms with Crippen molar-refractivity contribution >= 4 is 11.8 Å². The van der Waals surface area contributed by atoms with Gasteiger partial charge >= 0.3 is 5.97 Å². The molecule has 1 unspecified atom stereocenters. The van der Waals surface area contributed by atoms with E-state index in [1.165, 1.54) is 7.11 Å². The number of hydrogen-bond acceptors (Lipinski definition) is 5. The first kappa shape index (κ1) is 13.0. The van der Waals surface area contributed by atoms with E-state index in [4.69, 9.17) is 4.74 Å². The predicted molar refractivity (Wildman–Crippen MR) is 71.9 cm³/mol. The number of anilines is 1. The molecule has 98 valence electrons. The van der Waals surface area contributed by atoms with Gasteiger partial charge in [0.25, 0.3) is 0 Å². The Balaban J connectivity index is 2.22. The molecule has 0 bridgehead atoms. The van der Waals surface area contributed by atoms with E-state index in [0.717, 1.165) is 5.56 Å². The molecule has 2 heterocycles. The van der Waals surface area contributed by atoms with E-state index < -0.39 is 5.97 Å². The summed E-state index contributed by atoms with van der Waals surface area (Å²) in [5, 5.41) is 3.19. The zero-order valence-electron chi connectivity index (χ0n) is 10.8. The summed E-state index contributed by atoms with van der Waals surface area (Å²) in [6.07, 6.45) is 5.13. The van der Waals surface area contributed by atoms with E-state index in [9.17, 15) is 4.79 Å². The van der Waals surface area contributed by atoms with E-state index in [-0.39, 0.29) is 6.04 Å². The van der Waals surface area contributed by atoms with Gasteiger partial charge < -0.3 is 10.1 Å². The van der Waals surface area contributed by atoms with E-state index in [0.29, 0.717) is 11.4 Å². The van der Waals surface area contributed by atoms with Crippen LogP contribution in [0.25, 0.3) is 0 Å². The van der Waals surface area contributed by atoms with Crippen molar-refractivity contribution in [2.24, 2.45) is 0 Å². The summed E-state index contributed by atoms with van der Waals surface area (Å²) < 4.78 is 4.73. The smallest absolute Gasteiger partial charge is 0.341 e. The number of ether oxygens (including phenoxy) is 1. The van der Waals surface area contributed by atoms with Crippen LogP contribution in [0.3, 0.4) is 0 Å². The highest BCUT2D eigenvalue weighted by molar-refractivity contribution is 5.94. The van der Waals surface area contributed by atoms with E-state index in [1.54, 1.807) is 30.7 Å². The zero-order chi connectivity index (χ0) is 13.7. The highest BCUT2D eigenvalue weighted by atomic mass is 16.5. The molecule has 5 heteroatoms. The summed E-state index contributed by atoms with van der Waals surface area (Å²) in [5.74, 6) is 0.0969. The molecule has 0 saturated heterocycles. The maximum atomic E-state index is 11.6. The number of pyridine rings is 2. The van der Waals surface area contributed by atoms with Crippen LogP contribution in [0.5, 0.6) is 0 Å². The van der Waals surface area contributed by atoms with Gasteiger partial charge in [-0.25, -0.2) is 9.78 Å². The Labute approximate surface area is 111 Å². The number of rotatable bonds is 4. The van der Waals surface area contributed by atoms with Crippen molar-refractivity contribution in [2.75, 3.05) is 12.4 Å². The fourth-order valence-electron chi connectivity index (χ4n) is 1.72. The van der Waals surface area contributed by atoms with Crippen molar-refractivity contribution in [3.05, 3.63) is 54.0 Å². The molecule has 0 aromatic carbocycles. The molecule has 0 spiro atoms. The maximum Gasteiger partial charge on any atom is 0.341 e. The first-order valence-corrected chi connectivity index (χ1v) is 5.92. The summed E-state index contributed by atoms with van der Waals surface area (Å²) in [6, 6.07) is 7.20. The number of nitrogens with zero attached hydrogens (tertiary/aromatic N) is 2. The van der Waals surface area contributed by atoms with Crippen molar-refractivity contribution in [3.63, 3.8) is 0 Å². The SMILES string of the molecule is COC(=O)c1cccnc1NC(C)c1cccnc1. The van der Waals surface area contributed by atoms with Gasteiger partial charge in [-0.2, -0.15) is 0 Å². The highest BCUT2D eigenvalue weighted by Crippen LogP contribution is 2.20. The molecule has 1 N–H and O–H groups in total. The van der Waals surface area contributed by atoms with Crippen LogP contribution in [0.4, 0.5) is 5.82 Å². The van der Waals surface area contributed by atoms with Gasteiger partial charge in [-0.1, -0.05) is 6.07 Å². The summed E-state index contributed by atoms with van der Waals surface area (Å²) in [5.41, 5.74) is 1.43. The fraction of sp³-hybridized carbons (Fsp3) is 0.214. The minimum Gasteiger partial charge on any atom is -0.465 e. The largest absolute Gasteiger partial charge is 0.465 e. The van der Waals surface area contributed by atoms with Gasteiger partial charge in [0.15, 0.2) is 0 Å². The second kappa shape index (κ2) is 5.95. The molecule has 2 aromatic rings. The molecule has 1 atom stereocenters. The van der Waals surface area contributed by atoms with Gasteiger partial charge in [-0.05, 0) is 30.7 Å². The van der Waals surface area contributed by atoms with Crippen molar-refractivity contribution in [2.45, 2.75) is 13.0 Å². The Kier molecular flexibility index (Phi) is 4.07. The Bertz CT molecular complexity index is 558. The maximum absolute atomic E-state index is 11.6. The second-order valence-electron chi connectivity index (χ2n) is 4.04. The van der Waals surface area contributed by atoms with Crippen molar-refractivity contribution in [1.29, 1.82) is 0 Å². The van der Waals surface area contributed by atoms with Crippen LogP contribution in [-0.4, -0.2) is 23.0 Å². The molecule has 19 heavy (non-hydrogen) atoms. The van der Waals surface area contributed by atoms with Crippen LogP contribution >= 0.6 is 0 Å².